The van der Waals surface area contributed by atoms with Gasteiger partial charge in [-0.3, -0.25) is 0 Å². The van der Waals surface area contributed by atoms with Crippen molar-refractivity contribution in [2.45, 2.75) is 13.5 Å². The number of carbonyl (C=O) groups is 1. The first kappa shape index (κ1) is 23.3. The molecule has 8 nitrogen and oxygen atoms in total. The summed E-state index contributed by atoms with van der Waals surface area (Å²) in [5.74, 6) is 0.298. The van der Waals surface area contributed by atoms with Gasteiger partial charge in [0.2, 0.25) is 5.82 Å². The van der Waals surface area contributed by atoms with E-state index in [1.165, 1.54) is 12.1 Å². The summed E-state index contributed by atoms with van der Waals surface area (Å²) in [5, 5.41) is 10.1. The smallest absolute Gasteiger partial charge is 0.323 e. The Labute approximate surface area is 210 Å². The molecular formula is C26H20ClFN6O2. The second-order valence-corrected chi connectivity index (χ2v) is 8.53. The standard InChI is InChI=1S/C26H20ClFN6O2/c1-16-2-7-19(27)12-22(16)31-26(35)30-21-10-3-17(4-11-21)13-34-14-23(29-15-34)25-32-24(33-36-25)18-5-8-20(28)9-6-18/h2-12,14-15H,13H2,1H3,(H2,30,31,35). The van der Waals surface area contributed by atoms with Gasteiger partial charge in [-0.2, -0.15) is 4.98 Å². The van der Waals surface area contributed by atoms with Gasteiger partial charge in [0.1, 0.15) is 11.5 Å². The average molecular weight is 503 g/mol. The van der Waals surface area contributed by atoms with E-state index in [1.807, 2.05) is 41.8 Å². The molecule has 5 rings (SSSR count). The lowest BCUT2D eigenvalue weighted by Crippen LogP contribution is -2.20. The van der Waals surface area contributed by atoms with Gasteiger partial charge in [-0.1, -0.05) is 35.0 Å². The lowest BCUT2D eigenvalue weighted by molar-refractivity contribution is 0.262. The molecule has 0 bridgehead atoms. The van der Waals surface area contributed by atoms with Crippen LogP contribution in [-0.2, 0) is 6.54 Å². The minimum Gasteiger partial charge on any atom is -0.332 e. The summed E-state index contributed by atoms with van der Waals surface area (Å²) in [6.45, 7) is 2.45. The number of carbonyl (C=O) groups excluding carboxylic acids is 1. The van der Waals surface area contributed by atoms with Crippen molar-refractivity contribution in [3.05, 3.63) is 101 Å². The fourth-order valence-electron chi connectivity index (χ4n) is 3.52. The van der Waals surface area contributed by atoms with Crippen molar-refractivity contribution in [3.8, 4) is 23.0 Å². The molecule has 0 unspecified atom stereocenters. The molecule has 5 aromatic rings. The highest BCUT2D eigenvalue weighted by Gasteiger charge is 2.13. The van der Waals surface area contributed by atoms with E-state index in [4.69, 9.17) is 16.1 Å². The highest BCUT2D eigenvalue weighted by molar-refractivity contribution is 6.31. The Morgan fingerprint density at radius 2 is 1.83 bits per heavy atom. The number of benzene rings is 3. The molecule has 180 valence electrons. The number of anilines is 2. The summed E-state index contributed by atoms with van der Waals surface area (Å²) in [5.41, 5.74) is 4.41. The van der Waals surface area contributed by atoms with Crippen molar-refractivity contribution in [2.75, 3.05) is 10.6 Å². The monoisotopic (exact) mass is 502 g/mol. The average Bonchev–Trinajstić information content (AvgIpc) is 3.53. The molecule has 0 atom stereocenters. The van der Waals surface area contributed by atoms with E-state index in [1.54, 1.807) is 36.8 Å². The molecule has 10 heteroatoms. The Morgan fingerprint density at radius 1 is 1.06 bits per heavy atom. The number of nitrogens with one attached hydrogen (secondary N) is 2. The first-order valence-electron chi connectivity index (χ1n) is 11.0. The number of hydrogen-bond acceptors (Lipinski definition) is 5. The molecule has 2 aromatic heterocycles. The number of nitrogens with zero attached hydrogens (tertiary/aromatic N) is 4. The number of halogens is 2. The van der Waals surface area contributed by atoms with E-state index in [2.05, 4.69) is 25.8 Å². The van der Waals surface area contributed by atoms with Crippen LogP contribution in [0.4, 0.5) is 20.6 Å². The van der Waals surface area contributed by atoms with E-state index in [0.717, 1.165) is 11.1 Å². The number of rotatable bonds is 6. The molecule has 2 heterocycles. The zero-order valence-corrected chi connectivity index (χ0v) is 19.8. The number of hydrogen-bond donors (Lipinski definition) is 2. The number of aromatic nitrogens is 4. The Bertz CT molecular complexity index is 1510. The number of imidazole rings is 1. The van der Waals surface area contributed by atoms with Crippen molar-refractivity contribution in [3.63, 3.8) is 0 Å². The van der Waals surface area contributed by atoms with Crippen molar-refractivity contribution in [2.24, 2.45) is 0 Å². The fraction of sp³-hybridized carbons (Fsp3) is 0.0769. The maximum atomic E-state index is 13.1. The van der Waals surface area contributed by atoms with Crippen LogP contribution in [-0.4, -0.2) is 25.7 Å². The normalized spacial score (nSPS) is 10.9. The minimum absolute atomic E-state index is 0.272. The fourth-order valence-corrected chi connectivity index (χ4v) is 3.69. The second kappa shape index (κ2) is 10.0. The van der Waals surface area contributed by atoms with Gasteiger partial charge in [0.25, 0.3) is 5.89 Å². The van der Waals surface area contributed by atoms with E-state index in [9.17, 15) is 9.18 Å². The third-order valence-corrected chi connectivity index (χ3v) is 5.64. The van der Waals surface area contributed by atoms with Crippen molar-refractivity contribution in [1.29, 1.82) is 0 Å². The first-order chi connectivity index (χ1) is 17.4. The summed E-state index contributed by atoms with van der Waals surface area (Å²) in [7, 11) is 0. The molecule has 0 aliphatic heterocycles. The van der Waals surface area contributed by atoms with Gasteiger partial charge in [0.05, 0.1) is 6.33 Å². The van der Waals surface area contributed by atoms with E-state index >= 15 is 0 Å². The summed E-state index contributed by atoms with van der Waals surface area (Å²) in [6.07, 6.45) is 3.47. The van der Waals surface area contributed by atoms with Crippen molar-refractivity contribution >= 4 is 29.0 Å². The maximum absolute atomic E-state index is 13.1. The van der Waals surface area contributed by atoms with Gasteiger partial charge in [-0.05, 0) is 66.6 Å². The summed E-state index contributed by atoms with van der Waals surface area (Å²) < 4.78 is 20.3. The SMILES string of the molecule is Cc1ccc(Cl)cc1NC(=O)Nc1ccc(Cn2cnc(-c3nc(-c4ccc(F)cc4)no3)c2)cc1. The number of aryl methyl sites for hydroxylation is 1. The summed E-state index contributed by atoms with van der Waals surface area (Å²) in [4.78, 5) is 21.0. The molecule has 0 fully saturated rings. The lowest BCUT2D eigenvalue weighted by Gasteiger charge is -2.11. The van der Waals surface area contributed by atoms with Crippen LogP contribution in [0.25, 0.3) is 23.0 Å². The second-order valence-electron chi connectivity index (χ2n) is 8.10. The van der Waals surface area contributed by atoms with E-state index in [-0.39, 0.29) is 17.7 Å². The molecule has 3 aromatic carbocycles. The first-order valence-corrected chi connectivity index (χ1v) is 11.4. The number of amides is 2. The zero-order valence-electron chi connectivity index (χ0n) is 19.1. The van der Waals surface area contributed by atoms with Gasteiger partial charge < -0.3 is 19.7 Å². The predicted molar refractivity (Wildman–Crippen MR) is 135 cm³/mol. The summed E-state index contributed by atoms with van der Waals surface area (Å²) >= 11 is 6.01. The van der Waals surface area contributed by atoms with Crippen molar-refractivity contribution < 1.29 is 13.7 Å². The van der Waals surface area contributed by atoms with Gasteiger partial charge in [0.15, 0.2) is 0 Å². The largest absolute Gasteiger partial charge is 0.332 e. The van der Waals surface area contributed by atoms with Gasteiger partial charge in [-0.25, -0.2) is 14.2 Å². The van der Waals surface area contributed by atoms with Crippen molar-refractivity contribution in [1.82, 2.24) is 19.7 Å². The van der Waals surface area contributed by atoms with Crippen LogP contribution in [0.2, 0.25) is 5.02 Å². The van der Waals surface area contributed by atoms with Crippen LogP contribution in [0.15, 0.2) is 83.8 Å². The molecule has 0 radical (unpaired) electrons. The lowest BCUT2D eigenvalue weighted by atomic mass is 10.2. The summed E-state index contributed by atoms with van der Waals surface area (Å²) in [6, 6.07) is 18.3. The molecule has 2 N–H and O–H groups in total. The molecule has 2 amide bonds. The third kappa shape index (κ3) is 5.42. The third-order valence-electron chi connectivity index (χ3n) is 5.41. The van der Waals surface area contributed by atoms with Crippen LogP contribution in [0.1, 0.15) is 11.1 Å². The molecular weight excluding hydrogens is 483 g/mol. The zero-order chi connectivity index (χ0) is 25.1. The predicted octanol–water partition coefficient (Wildman–Crippen LogP) is 6.39. The number of urea groups is 1. The molecule has 0 aliphatic carbocycles. The van der Waals surface area contributed by atoms with Gasteiger partial charge >= 0.3 is 6.03 Å². The quantitative estimate of drug-likeness (QED) is 0.280. The Hall–Kier alpha value is -4.50. The topological polar surface area (TPSA) is 97.9 Å². The minimum atomic E-state index is -0.355. The molecule has 0 aliphatic rings. The van der Waals surface area contributed by atoms with E-state index in [0.29, 0.717) is 40.0 Å². The van der Waals surface area contributed by atoms with E-state index < -0.39 is 0 Å². The van der Waals surface area contributed by atoms with Crippen LogP contribution in [0, 0.1) is 12.7 Å². The highest BCUT2D eigenvalue weighted by Crippen LogP contribution is 2.22. The highest BCUT2D eigenvalue weighted by atomic mass is 35.5. The van der Waals surface area contributed by atoms with Gasteiger partial charge in [-0.15, -0.1) is 0 Å². The molecule has 0 saturated carbocycles. The van der Waals surface area contributed by atoms with Gasteiger partial charge in [0, 0.05) is 34.7 Å². The molecule has 0 saturated heterocycles. The molecule has 0 spiro atoms. The van der Waals surface area contributed by atoms with Crippen LogP contribution in [0.5, 0.6) is 0 Å². The Morgan fingerprint density at radius 3 is 2.61 bits per heavy atom. The Kier molecular flexibility index (Phi) is 6.46. The van der Waals surface area contributed by atoms with Crippen LogP contribution in [0.3, 0.4) is 0 Å². The van der Waals surface area contributed by atoms with Crippen LogP contribution >= 0.6 is 11.6 Å². The van der Waals surface area contributed by atoms with Crippen LogP contribution < -0.4 is 10.6 Å². The Balaban J connectivity index is 1.20. The maximum Gasteiger partial charge on any atom is 0.323 e. The molecule has 36 heavy (non-hydrogen) atoms.